The number of likely N-dealkylation sites (tertiary alicyclic amines) is 3. The molecular weight excluding hydrogens is 913 g/mol. The topological polar surface area (TPSA) is 108 Å². The molecule has 9 nitrogen and oxygen atoms in total. The minimum Gasteiger partial charge on any atom is -0.361 e. The second-order valence-corrected chi connectivity index (χ2v) is 24.8. The molecule has 3 aliphatic carbocycles. The third-order valence-electron chi connectivity index (χ3n) is 16.4. The Kier molecular flexibility index (Phi) is 15.0. The highest BCUT2D eigenvalue weighted by Crippen LogP contribution is 2.48. The molecule has 3 aliphatic heterocycles. The monoisotopic (exact) mass is 984 g/mol. The zero-order valence-electron chi connectivity index (χ0n) is 41.5. The summed E-state index contributed by atoms with van der Waals surface area (Å²) in [5.74, 6) is 10.1. The average Bonchev–Trinajstić information content (AvgIpc) is 4.07. The van der Waals surface area contributed by atoms with Crippen molar-refractivity contribution in [3.8, 4) is 0 Å². The molecule has 9 atom stereocenters. The minimum absolute atomic E-state index is 0.288. The molecule has 12 heteroatoms. The summed E-state index contributed by atoms with van der Waals surface area (Å²) < 4.78 is 0. The van der Waals surface area contributed by atoms with Gasteiger partial charge in [0.1, 0.15) is 17.3 Å². The van der Waals surface area contributed by atoms with Gasteiger partial charge in [0, 0.05) is 107 Å². The first-order valence-corrected chi connectivity index (χ1v) is 28.9. The van der Waals surface area contributed by atoms with Crippen LogP contribution >= 0.6 is 35.3 Å². The number of carbonyl (C=O) groups is 3. The first kappa shape index (κ1) is 48.8. The van der Waals surface area contributed by atoms with Gasteiger partial charge in [0.2, 0.25) is 0 Å². The van der Waals surface area contributed by atoms with Crippen molar-refractivity contribution in [3.05, 3.63) is 107 Å². The fourth-order valence-electron chi connectivity index (χ4n) is 13.6. The van der Waals surface area contributed by atoms with Gasteiger partial charge in [-0.2, -0.15) is 35.3 Å². The van der Waals surface area contributed by atoms with E-state index < -0.39 is 0 Å². The van der Waals surface area contributed by atoms with E-state index >= 15 is 0 Å². The number of carbonyl (C=O) groups excluding carboxylic acids is 3. The Morgan fingerprint density at radius 2 is 0.768 bits per heavy atom. The predicted molar refractivity (Wildman–Crippen MR) is 292 cm³/mol. The van der Waals surface area contributed by atoms with Crippen LogP contribution in [-0.4, -0.2) is 140 Å². The summed E-state index contributed by atoms with van der Waals surface area (Å²) in [6, 6.07) is 22.0. The highest BCUT2D eigenvalue weighted by Gasteiger charge is 2.42. The number of aromatic nitrogens is 3. The molecular formula is C57H72N6O3S3. The highest BCUT2D eigenvalue weighted by atomic mass is 32.2. The SMILES string of the molecule is CC(=O)CSC[C@@H]1C[C@@H]2c3cccc4[nH]cc(c34)C[C@H]2N(C)C1.CC(=O)CSC[C@@H]1C[C@@H]2c3cccc4[nH]cc(c34)C[C@H]2N(C)C1.CC(=O)CSC[C@@H]1C[C@@H]2c3cccc4[nH]cc(c34)C[C@H]2N(C)C1. The molecule has 3 aromatic carbocycles. The smallest absolute Gasteiger partial charge is 0.139 e. The average molecular weight is 985 g/mol. The van der Waals surface area contributed by atoms with Crippen LogP contribution in [0.1, 0.15) is 91.2 Å². The maximum atomic E-state index is 11.2. The van der Waals surface area contributed by atoms with Gasteiger partial charge in [-0.25, -0.2) is 0 Å². The zero-order valence-corrected chi connectivity index (χ0v) is 44.0. The molecule has 69 heavy (non-hydrogen) atoms. The molecule has 0 unspecified atom stereocenters. The zero-order chi connectivity index (χ0) is 47.9. The molecule has 366 valence electrons. The second kappa shape index (κ2) is 21.1. The number of thioether (sulfide) groups is 3. The van der Waals surface area contributed by atoms with Gasteiger partial charge in [0.25, 0.3) is 0 Å². The van der Waals surface area contributed by atoms with Crippen LogP contribution in [-0.2, 0) is 33.6 Å². The van der Waals surface area contributed by atoms with Crippen LogP contribution in [0, 0.1) is 17.8 Å². The van der Waals surface area contributed by atoms with Gasteiger partial charge in [-0.15, -0.1) is 0 Å². The highest BCUT2D eigenvalue weighted by molar-refractivity contribution is 8.00. The van der Waals surface area contributed by atoms with Crippen LogP contribution in [0.4, 0.5) is 0 Å². The second-order valence-electron chi connectivity index (χ2n) is 21.7. The Labute approximate surface area is 421 Å². The van der Waals surface area contributed by atoms with Crippen LogP contribution in [0.25, 0.3) is 32.7 Å². The van der Waals surface area contributed by atoms with Crippen LogP contribution in [0.15, 0.2) is 73.2 Å². The minimum atomic E-state index is 0.288. The molecule has 3 fully saturated rings. The summed E-state index contributed by atoms with van der Waals surface area (Å²) in [6.45, 7) is 8.52. The van der Waals surface area contributed by atoms with Crippen molar-refractivity contribution in [2.24, 2.45) is 17.8 Å². The molecule has 3 N–H and O–H groups in total. The van der Waals surface area contributed by atoms with E-state index in [1.807, 2.05) is 0 Å². The van der Waals surface area contributed by atoms with Gasteiger partial charge in [0.05, 0.1) is 17.3 Å². The summed E-state index contributed by atoms with van der Waals surface area (Å²) in [7, 11) is 6.83. The summed E-state index contributed by atoms with van der Waals surface area (Å²) in [5, 5.41) is 4.41. The van der Waals surface area contributed by atoms with Gasteiger partial charge in [-0.05, 0) is 167 Å². The number of rotatable bonds is 12. The Morgan fingerprint density at radius 3 is 1.04 bits per heavy atom. The van der Waals surface area contributed by atoms with E-state index in [1.54, 1.807) is 56.1 Å². The lowest BCUT2D eigenvalue weighted by atomic mass is 9.73. The van der Waals surface area contributed by atoms with E-state index in [-0.39, 0.29) is 17.3 Å². The van der Waals surface area contributed by atoms with Crippen LogP contribution in [0.2, 0.25) is 0 Å². The molecule has 0 saturated carbocycles. The summed E-state index contributed by atoms with van der Waals surface area (Å²) in [4.78, 5) is 51.5. The van der Waals surface area contributed by atoms with Crippen molar-refractivity contribution < 1.29 is 14.4 Å². The number of fused-ring (bicyclic) bond motifs is 6. The van der Waals surface area contributed by atoms with Crippen molar-refractivity contribution in [2.75, 3.05) is 75.3 Å². The van der Waals surface area contributed by atoms with E-state index in [4.69, 9.17) is 0 Å². The molecule has 6 heterocycles. The number of hydrogen-bond donors (Lipinski definition) is 3. The lowest BCUT2D eigenvalue weighted by Crippen LogP contribution is -2.48. The standard InChI is InChI=1S/3C19H24N2OS/c3*1-12(22)10-23-11-13-6-16-15-4-3-5-17-19(15)14(8-20-17)7-18(16)21(2)9-13/h3*3-5,8,13,16,18,20H,6-7,9-11H2,1-2H3/t3*13-,16-,18-/m111/s1. The van der Waals surface area contributed by atoms with Gasteiger partial charge >= 0.3 is 0 Å². The number of nitrogens with one attached hydrogen (secondary N) is 3. The van der Waals surface area contributed by atoms with E-state index in [9.17, 15) is 14.4 Å². The number of H-pyrrole nitrogens is 3. The normalized spacial score (nSPS) is 27.1. The van der Waals surface area contributed by atoms with Gasteiger partial charge in [0.15, 0.2) is 0 Å². The number of aromatic amines is 3. The summed E-state index contributed by atoms with van der Waals surface area (Å²) >= 11 is 5.42. The van der Waals surface area contributed by atoms with Crippen molar-refractivity contribution in [1.82, 2.24) is 29.7 Å². The number of ketones is 3. The number of hydrogen-bond acceptors (Lipinski definition) is 9. The molecule has 0 amide bonds. The molecule has 6 aliphatic rings. The Morgan fingerprint density at radius 1 is 0.478 bits per heavy atom. The van der Waals surface area contributed by atoms with Crippen molar-refractivity contribution in [3.63, 3.8) is 0 Å². The van der Waals surface area contributed by atoms with Gasteiger partial charge in [-0.1, -0.05) is 36.4 Å². The maximum Gasteiger partial charge on any atom is 0.139 e. The largest absolute Gasteiger partial charge is 0.361 e. The van der Waals surface area contributed by atoms with Crippen LogP contribution in [0.5, 0.6) is 0 Å². The third-order valence-corrected chi connectivity index (χ3v) is 20.4. The van der Waals surface area contributed by atoms with E-state index in [0.717, 1.165) is 56.2 Å². The molecule has 0 radical (unpaired) electrons. The molecule has 0 spiro atoms. The first-order valence-electron chi connectivity index (χ1n) is 25.5. The fourth-order valence-corrected chi connectivity index (χ4v) is 16.6. The number of likely N-dealkylation sites (N-methyl/N-ethyl adjacent to an activating group) is 3. The summed E-state index contributed by atoms with van der Waals surface area (Å²) in [6.07, 6.45) is 13.8. The lowest BCUT2D eigenvalue weighted by Gasteiger charge is -2.45. The van der Waals surface area contributed by atoms with Crippen molar-refractivity contribution in [2.45, 2.75) is 95.2 Å². The quantitative estimate of drug-likeness (QED) is 0.110. The molecule has 6 aromatic rings. The van der Waals surface area contributed by atoms with Crippen molar-refractivity contribution in [1.29, 1.82) is 0 Å². The molecule has 3 aromatic heterocycles. The van der Waals surface area contributed by atoms with Gasteiger partial charge in [-0.3, -0.25) is 14.4 Å². The third kappa shape index (κ3) is 10.3. The van der Waals surface area contributed by atoms with E-state index in [1.165, 1.54) is 85.4 Å². The van der Waals surface area contributed by atoms with Crippen LogP contribution < -0.4 is 0 Å². The molecule has 3 saturated heterocycles. The number of nitrogens with zero attached hydrogens (tertiary/aromatic N) is 3. The number of benzene rings is 3. The summed E-state index contributed by atoms with van der Waals surface area (Å²) in [5.41, 5.74) is 12.9. The number of Topliss-reactive ketones (excluding diaryl/α,β-unsaturated/α-hetero) is 3. The maximum absolute atomic E-state index is 11.2. The van der Waals surface area contributed by atoms with Gasteiger partial charge < -0.3 is 29.7 Å². The Hall–Kier alpha value is -3.78. The molecule has 12 rings (SSSR count). The molecule has 0 bridgehead atoms. The van der Waals surface area contributed by atoms with E-state index in [2.05, 4.69) is 124 Å². The van der Waals surface area contributed by atoms with E-state index in [0.29, 0.717) is 70.9 Å². The fraction of sp³-hybridized carbons (Fsp3) is 0.526. The Bertz CT molecular complexity index is 2510. The number of piperidine rings is 3. The lowest BCUT2D eigenvalue weighted by molar-refractivity contribution is -0.115. The Balaban J connectivity index is 0.000000120. The van der Waals surface area contributed by atoms with Crippen LogP contribution in [0.3, 0.4) is 0 Å². The first-order chi connectivity index (χ1) is 33.4. The van der Waals surface area contributed by atoms with Crippen molar-refractivity contribution >= 4 is 85.3 Å². The predicted octanol–water partition coefficient (Wildman–Crippen LogP) is 10.4.